The molecular weight excluding hydrogens is 377 g/mol. The van der Waals surface area contributed by atoms with Gasteiger partial charge in [-0.15, -0.1) is 0 Å². The van der Waals surface area contributed by atoms with Crippen LogP contribution in [-0.4, -0.2) is 30.1 Å². The van der Waals surface area contributed by atoms with Crippen LogP contribution >= 0.6 is 23.2 Å². The van der Waals surface area contributed by atoms with Crippen LogP contribution in [0.1, 0.15) is 45.1 Å². The summed E-state index contributed by atoms with van der Waals surface area (Å²) in [5, 5.41) is 3.84. The molecule has 0 radical (unpaired) electrons. The first-order valence-electron chi connectivity index (χ1n) is 8.46. The number of amides is 1. The Morgan fingerprint density at radius 1 is 1.19 bits per heavy atom. The molecule has 0 saturated heterocycles. The number of nitrogens with one attached hydrogen (secondary N) is 1. The summed E-state index contributed by atoms with van der Waals surface area (Å²) in [6, 6.07) is 4.89. The van der Waals surface area contributed by atoms with Crippen molar-refractivity contribution in [3.05, 3.63) is 39.6 Å². The molecule has 5 nitrogen and oxygen atoms in total. The number of ether oxygens (including phenoxy) is 2. The van der Waals surface area contributed by atoms with Gasteiger partial charge in [0.1, 0.15) is 5.76 Å². The summed E-state index contributed by atoms with van der Waals surface area (Å²) in [7, 11) is 1.69. The van der Waals surface area contributed by atoms with Gasteiger partial charge in [0, 0.05) is 24.6 Å². The number of benzene rings is 1. The van der Waals surface area contributed by atoms with E-state index < -0.39 is 11.5 Å². The van der Waals surface area contributed by atoms with Gasteiger partial charge in [-0.25, -0.2) is 0 Å². The molecule has 26 heavy (non-hydrogen) atoms. The van der Waals surface area contributed by atoms with Crippen LogP contribution in [0.25, 0.3) is 5.57 Å². The minimum Gasteiger partial charge on any atom is -0.428 e. The van der Waals surface area contributed by atoms with Crippen LogP contribution in [0.2, 0.25) is 10.0 Å². The fraction of sp³-hybridized carbons (Fsp3) is 0.474. The molecule has 1 fully saturated rings. The van der Waals surface area contributed by atoms with Gasteiger partial charge < -0.3 is 14.8 Å². The van der Waals surface area contributed by atoms with Crippen molar-refractivity contribution in [1.29, 1.82) is 0 Å². The van der Waals surface area contributed by atoms with E-state index in [-0.39, 0.29) is 11.5 Å². The van der Waals surface area contributed by atoms with Crippen molar-refractivity contribution in [3.63, 3.8) is 0 Å². The zero-order chi connectivity index (χ0) is 19.1. The molecule has 1 amide bonds. The van der Waals surface area contributed by atoms with Crippen molar-refractivity contribution in [2.75, 3.05) is 7.11 Å². The SMILES string of the molecule is COC1(C)CCC2(CC1)NC(=O)C(c1ccc(Cl)cc1Cl)=C2OC(C)=O. The van der Waals surface area contributed by atoms with Crippen molar-refractivity contribution in [3.8, 4) is 0 Å². The van der Waals surface area contributed by atoms with E-state index in [0.717, 1.165) is 12.8 Å². The van der Waals surface area contributed by atoms with Gasteiger partial charge >= 0.3 is 5.97 Å². The van der Waals surface area contributed by atoms with Crippen LogP contribution in [0.4, 0.5) is 0 Å². The second-order valence-corrected chi connectivity index (χ2v) is 7.96. The molecule has 0 unspecified atom stereocenters. The van der Waals surface area contributed by atoms with Gasteiger partial charge in [-0.1, -0.05) is 29.3 Å². The molecule has 1 aromatic rings. The molecule has 140 valence electrons. The topological polar surface area (TPSA) is 64.6 Å². The molecule has 0 aromatic heterocycles. The molecule has 0 atom stereocenters. The fourth-order valence-electron chi connectivity index (χ4n) is 3.67. The highest BCUT2D eigenvalue weighted by molar-refractivity contribution is 6.38. The minimum absolute atomic E-state index is 0.252. The Labute approximate surface area is 162 Å². The molecule has 1 aliphatic carbocycles. The van der Waals surface area contributed by atoms with Crippen LogP contribution in [0.5, 0.6) is 0 Å². The summed E-state index contributed by atoms with van der Waals surface area (Å²) >= 11 is 12.3. The number of halogens is 2. The van der Waals surface area contributed by atoms with Gasteiger partial charge in [-0.2, -0.15) is 0 Å². The predicted molar refractivity (Wildman–Crippen MR) is 99.9 cm³/mol. The lowest BCUT2D eigenvalue weighted by Gasteiger charge is -2.42. The van der Waals surface area contributed by atoms with Gasteiger partial charge in [0.25, 0.3) is 5.91 Å². The molecule has 1 spiro atoms. The molecule has 1 heterocycles. The molecule has 1 aromatic carbocycles. The van der Waals surface area contributed by atoms with Crippen molar-refractivity contribution >= 4 is 40.7 Å². The van der Waals surface area contributed by atoms with E-state index in [1.165, 1.54) is 6.92 Å². The van der Waals surface area contributed by atoms with Crippen LogP contribution in [0.3, 0.4) is 0 Å². The lowest BCUT2D eigenvalue weighted by molar-refractivity contribution is -0.138. The maximum absolute atomic E-state index is 12.8. The number of rotatable bonds is 3. The normalized spacial score (nSPS) is 28.4. The summed E-state index contributed by atoms with van der Waals surface area (Å²) in [6.07, 6.45) is 2.69. The highest BCUT2D eigenvalue weighted by Gasteiger charge is 2.52. The highest BCUT2D eigenvalue weighted by atomic mass is 35.5. The third kappa shape index (κ3) is 3.36. The van der Waals surface area contributed by atoms with Crippen molar-refractivity contribution < 1.29 is 19.1 Å². The summed E-state index contributed by atoms with van der Waals surface area (Å²) in [6.45, 7) is 3.37. The number of hydrogen-bond acceptors (Lipinski definition) is 4. The third-order valence-electron chi connectivity index (χ3n) is 5.34. The largest absolute Gasteiger partial charge is 0.428 e. The van der Waals surface area contributed by atoms with E-state index >= 15 is 0 Å². The van der Waals surface area contributed by atoms with Crippen molar-refractivity contribution in [2.45, 2.75) is 50.7 Å². The standard InChI is InChI=1S/C19H21Cl2NO4/c1-11(23)26-16-15(13-5-4-12(20)10-14(13)21)17(24)22-19(16)8-6-18(2,25-3)7-9-19/h4-5,10H,6-9H2,1-3H3,(H,22,24). The average molecular weight is 398 g/mol. The van der Waals surface area contributed by atoms with Gasteiger partial charge in [-0.05, 0) is 44.7 Å². The van der Waals surface area contributed by atoms with E-state index in [2.05, 4.69) is 5.32 Å². The summed E-state index contributed by atoms with van der Waals surface area (Å²) in [4.78, 5) is 24.6. The van der Waals surface area contributed by atoms with Crippen LogP contribution in [0.15, 0.2) is 24.0 Å². The molecule has 7 heteroatoms. The van der Waals surface area contributed by atoms with Crippen LogP contribution < -0.4 is 5.32 Å². The van der Waals surface area contributed by atoms with Gasteiger partial charge in [-0.3, -0.25) is 9.59 Å². The lowest BCUT2D eigenvalue weighted by Crippen LogP contribution is -2.51. The molecule has 1 aliphatic heterocycles. The fourth-order valence-corrected chi connectivity index (χ4v) is 4.17. The summed E-state index contributed by atoms with van der Waals surface area (Å²) in [5.74, 6) is -0.428. The second kappa shape index (κ2) is 6.87. The highest BCUT2D eigenvalue weighted by Crippen LogP contribution is 2.47. The van der Waals surface area contributed by atoms with E-state index in [9.17, 15) is 9.59 Å². The first-order chi connectivity index (χ1) is 12.2. The molecule has 2 aliphatic rings. The van der Waals surface area contributed by atoms with E-state index in [0.29, 0.717) is 39.8 Å². The quantitative estimate of drug-likeness (QED) is 0.779. The molecule has 1 N–H and O–H groups in total. The molecular formula is C19H21Cl2NO4. The molecule has 1 saturated carbocycles. The molecule has 0 bridgehead atoms. The number of methoxy groups -OCH3 is 1. The van der Waals surface area contributed by atoms with Crippen molar-refractivity contribution in [2.24, 2.45) is 0 Å². The first kappa shape index (κ1) is 19.2. The minimum atomic E-state index is -0.723. The monoisotopic (exact) mass is 397 g/mol. The average Bonchev–Trinajstić information content (AvgIpc) is 2.83. The van der Waals surface area contributed by atoms with Gasteiger partial charge in [0.05, 0.1) is 21.7 Å². The van der Waals surface area contributed by atoms with E-state index in [1.807, 2.05) is 6.92 Å². The summed E-state index contributed by atoms with van der Waals surface area (Å²) in [5.41, 5.74) is -0.179. The Hall–Kier alpha value is -1.56. The zero-order valence-electron chi connectivity index (χ0n) is 14.9. The maximum atomic E-state index is 12.8. The third-order valence-corrected chi connectivity index (χ3v) is 5.89. The first-order valence-corrected chi connectivity index (χ1v) is 9.22. The van der Waals surface area contributed by atoms with Crippen LogP contribution in [0, 0.1) is 0 Å². The summed E-state index contributed by atoms with van der Waals surface area (Å²) < 4.78 is 11.1. The Balaban J connectivity index is 2.09. The smallest absolute Gasteiger partial charge is 0.307 e. The van der Waals surface area contributed by atoms with Crippen LogP contribution in [-0.2, 0) is 19.1 Å². The van der Waals surface area contributed by atoms with E-state index in [1.54, 1.807) is 25.3 Å². The Bertz CT molecular complexity index is 795. The lowest BCUT2D eigenvalue weighted by atomic mass is 9.74. The Morgan fingerprint density at radius 2 is 1.85 bits per heavy atom. The predicted octanol–water partition coefficient (Wildman–Crippen LogP) is 4.12. The Morgan fingerprint density at radius 3 is 2.38 bits per heavy atom. The number of hydrogen-bond donors (Lipinski definition) is 1. The number of carbonyl (C=O) groups is 2. The molecule has 3 rings (SSSR count). The van der Waals surface area contributed by atoms with Crippen molar-refractivity contribution in [1.82, 2.24) is 5.32 Å². The maximum Gasteiger partial charge on any atom is 0.307 e. The number of carbonyl (C=O) groups excluding carboxylic acids is 2. The number of esters is 1. The van der Waals surface area contributed by atoms with Gasteiger partial charge in [0.2, 0.25) is 0 Å². The Kier molecular flexibility index (Phi) is 5.08. The van der Waals surface area contributed by atoms with E-state index in [4.69, 9.17) is 32.7 Å². The zero-order valence-corrected chi connectivity index (χ0v) is 16.5. The van der Waals surface area contributed by atoms with Gasteiger partial charge in [0.15, 0.2) is 0 Å². The second-order valence-electron chi connectivity index (χ2n) is 7.11.